The third-order valence-electron chi connectivity index (χ3n) is 7.24. The Hall–Kier alpha value is -3.04. The maximum Gasteiger partial charge on any atom is 0.255 e. The molecule has 0 radical (unpaired) electrons. The first kappa shape index (κ1) is 29.0. The summed E-state index contributed by atoms with van der Waals surface area (Å²) >= 11 is 6.09. The molecule has 3 N–H and O–H groups in total. The smallest absolute Gasteiger partial charge is 0.255 e. The zero-order valence-corrected chi connectivity index (χ0v) is 22.8. The summed E-state index contributed by atoms with van der Waals surface area (Å²) in [6.07, 6.45) is 2.52. The van der Waals surface area contributed by atoms with E-state index in [9.17, 15) is 24.2 Å². The predicted molar refractivity (Wildman–Crippen MR) is 147 cm³/mol. The molecule has 2 aliphatic rings. The molecule has 1 fully saturated rings. The SMILES string of the molecule is COCC1=CCC(C)C=C1c1ccc(CNC(=O)[C@H](O)[C@@H](O)C(=O)N2CCCC2c2cccc(Cl)c2)c(F)c1. The second kappa shape index (κ2) is 12.9. The van der Waals surface area contributed by atoms with Gasteiger partial charge >= 0.3 is 0 Å². The van der Waals surface area contributed by atoms with Crippen LogP contribution in [0.4, 0.5) is 4.39 Å². The third-order valence-corrected chi connectivity index (χ3v) is 7.48. The van der Waals surface area contributed by atoms with Crippen molar-refractivity contribution in [3.63, 3.8) is 0 Å². The van der Waals surface area contributed by atoms with Crippen LogP contribution in [0, 0.1) is 11.7 Å². The van der Waals surface area contributed by atoms with Crippen LogP contribution in [-0.2, 0) is 20.9 Å². The summed E-state index contributed by atoms with van der Waals surface area (Å²) in [5.74, 6) is -1.91. The summed E-state index contributed by atoms with van der Waals surface area (Å²) in [7, 11) is 1.62. The molecule has 4 atom stereocenters. The highest BCUT2D eigenvalue weighted by Gasteiger charge is 2.38. The first-order chi connectivity index (χ1) is 18.7. The molecule has 0 bridgehead atoms. The molecule has 0 spiro atoms. The summed E-state index contributed by atoms with van der Waals surface area (Å²) < 4.78 is 20.3. The molecule has 4 rings (SSSR count). The van der Waals surface area contributed by atoms with E-state index in [0.29, 0.717) is 42.5 Å². The fourth-order valence-electron chi connectivity index (χ4n) is 5.16. The van der Waals surface area contributed by atoms with Crippen molar-refractivity contribution in [2.24, 2.45) is 5.92 Å². The molecular formula is C30H34ClFN2O5. The standard InChI is InChI=1S/C30H34ClFN2O5/c1-18-8-9-22(17-39-2)24(13-18)19-10-11-21(25(32)15-19)16-33-29(37)27(35)28(36)30(38)34-12-4-7-26(34)20-5-3-6-23(31)14-20/h3,5-6,9-11,13-15,18,26-28,35-36H,4,7-8,12,16-17H2,1-2H3,(H,33,37)/t18?,26?,27-,28-/m1/s1. The maximum atomic E-state index is 15.0. The van der Waals surface area contributed by atoms with Crippen LogP contribution in [0.3, 0.4) is 0 Å². The van der Waals surface area contributed by atoms with Crippen LogP contribution in [0.15, 0.2) is 60.2 Å². The molecule has 2 unspecified atom stereocenters. The topological polar surface area (TPSA) is 99.1 Å². The Morgan fingerprint density at radius 3 is 2.72 bits per heavy atom. The van der Waals surface area contributed by atoms with Gasteiger partial charge in [0.2, 0.25) is 0 Å². The number of nitrogens with zero attached hydrogens (tertiary/aromatic N) is 1. The number of amides is 2. The number of benzene rings is 2. The first-order valence-corrected chi connectivity index (χ1v) is 13.5. The van der Waals surface area contributed by atoms with Crippen LogP contribution in [0.2, 0.25) is 5.02 Å². The number of hydrogen-bond acceptors (Lipinski definition) is 5. The Balaban J connectivity index is 1.38. The van der Waals surface area contributed by atoms with E-state index in [1.165, 1.54) is 11.0 Å². The number of allylic oxidation sites excluding steroid dienone is 2. The van der Waals surface area contributed by atoms with Crippen LogP contribution in [-0.4, -0.2) is 59.4 Å². The number of likely N-dealkylation sites (tertiary alicyclic amines) is 1. The average molecular weight is 557 g/mol. The minimum atomic E-state index is -2.00. The van der Waals surface area contributed by atoms with E-state index in [1.807, 2.05) is 6.07 Å². The van der Waals surface area contributed by atoms with Crippen molar-refractivity contribution < 1.29 is 28.9 Å². The molecular weight excluding hydrogens is 523 g/mol. The quantitative estimate of drug-likeness (QED) is 0.430. The summed E-state index contributed by atoms with van der Waals surface area (Å²) in [5, 5.41) is 23.9. The number of carbonyl (C=O) groups excluding carboxylic acids is 2. The molecule has 2 aromatic rings. The van der Waals surface area contributed by atoms with E-state index in [-0.39, 0.29) is 18.2 Å². The third kappa shape index (κ3) is 6.76. The number of methoxy groups -OCH3 is 1. The summed E-state index contributed by atoms with van der Waals surface area (Å²) in [5.41, 5.74) is 3.65. The first-order valence-electron chi connectivity index (χ1n) is 13.1. The van der Waals surface area contributed by atoms with E-state index < -0.39 is 29.8 Å². The molecule has 2 amide bonds. The Bertz CT molecular complexity index is 1280. The van der Waals surface area contributed by atoms with Crippen LogP contribution in [0.1, 0.15) is 48.9 Å². The van der Waals surface area contributed by atoms with Crippen LogP contribution in [0.5, 0.6) is 0 Å². The van der Waals surface area contributed by atoms with Crippen molar-refractivity contribution in [1.29, 1.82) is 0 Å². The Morgan fingerprint density at radius 1 is 1.21 bits per heavy atom. The van der Waals surface area contributed by atoms with E-state index in [4.69, 9.17) is 16.3 Å². The molecule has 1 saturated heterocycles. The highest BCUT2D eigenvalue weighted by molar-refractivity contribution is 6.30. The number of aliphatic hydroxyl groups excluding tert-OH is 2. The van der Waals surface area contributed by atoms with Gasteiger partial charge in [0.25, 0.3) is 11.8 Å². The normalized spacial score (nSPS) is 20.7. The lowest BCUT2D eigenvalue weighted by Gasteiger charge is -2.28. The summed E-state index contributed by atoms with van der Waals surface area (Å²) in [4.78, 5) is 27.0. The molecule has 39 heavy (non-hydrogen) atoms. The van der Waals surface area contributed by atoms with Crippen molar-refractivity contribution >= 4 is 29.0 Å². The molecule has 7 nitrogen and oxygen atoms in total. The van der Waals surface area contributed by atoms with Crippen molar-refractivity contribution in [3.05, 3.63) is 87.7 Å². The lowest BCUT2D eigenvalue weighted by molar-refractivity contribution is -0.153. The van der Waals surface area contributed by atoms with E-state index >= 15 is 0 Å². The molecule has 1 aliphatic heterocycles. The minimum absolute atomic E-state index is 0.211. The zero-order chi connectivity index (χ0) is 28.1. The van der Waals surface area contributed by atoms with Crippen molar-refractivity contribution in [2.75, 3.05) is 20.3 Å². The number of halogens is 2. The van der Waals surface area contributed by atoms with Gasteiger partial charge in [-0.05, 0) is 65.7 Å². The largest absolute Gasteiger partial charge is 0.380 e. The lowest BCUT2D eigenvalue weighted by atomic mass is 9.87. The average Bonchev–Trinajstić information content (AvgIpc) is 3.42. The number of carbonyl (C=O) groups is 2. The zero-order valence-electron chi connectivity index (χ0n) is 22.1. The van der Waals surface area contributed by atoms with Gasteiger partial charge in [-0.1, -0.05) is 54.9 Å². The van der Waals surface area contributed by atoms with Gasteiger partial charge in [0.15, 0.2) is 12.2 Å². The number of aliphatic hydroxyl groups is 2. The van der Waals surface area contributed by atoms with Crippen LogP contribution in [0.25, 0.3) is 5.57 Å². The fraction of sp³-hybridized carbons (Fsp3) is 0.400. The second-order valence-electron chi connectivity index (χ2n) is 10.1. The Morgan fingerprint density at radius 2 is 2.00 bits per heavy atom. The van der Waals surface area contributed by atoms with Gasteiger partial charge in [0.1, 0.15) is 5.82 Å². The summed E-state index contributed by atoms with van der Waals surface area (Å²) in [6.45, 7) is 2.68. The second-order valence-corrected chi connectivity index (χ2v) is 10.6. The van der Waals surface area contributed by atoms with Gasteiger partial charge in [0, 0.05) is 30.8 Å². The van der Waals surface area contributed by atoms with Gasteiger partial charge in [-0.2, -0.15) is 0 Å². The molecule has 0 aromatic heterocycles. The van der Waals surface area contributed by atoms with Crippen molar-refractivity contribution in [2.45, 2.75) is 51.0 Å². The molecule has 208 valence electrons. The minimum Gasteiger partial charge on any atom is -0.380 e. The van der Waals surface area contributed by atoms with Crippen LogP contribution >= 0.6 is 11.6 Å². The van der Waals surface area contributed by atoms with Crippen LogP contribution < -0.4 is 5.32 Å². The highest BCUT2D eigenvalue weighted by Crippen LogP contribution is 2.34. The highest BCUT2D eigenvalue weighted by atomic mass is 35.5. The number of ether oxygens (including phenoxy) is 1. The monoisotopic (exact) mass is 556 g/mol. The molecule has 1 heterocycles. The number of nitrogens with one attached hydrogen (secondary N) is 1. The van der Waals surface area contributed by atoms with Crippen molar-refractivity contribution in [3.8, 4) is 0 Å². The fourth-order valence-corrected chi connectivity index (χ4v) is 5.35. The number of hydrogen-bond donors (Lipinski definition) is 3. The van der Waals surface area contributed by atoms with E-state index in [1.54, 1.807) is 37.4 Å². The molecule has 2 aromatic carbocycles. The Labute approximate surface area is 232 Å². The van der Waals surface area contributed by atoms with E-state index in [0.717, 1.165) is 23.1 Å². The predicted octanol–water partition coefficient (Wildman–Crippen LogP) is 4.18. The lowest BCUT2D eigenvalue weighted by Crippen LogP contribution is -2.50. The van der Waals surface area contributed by atoms with Crippen molar-refractivity contribution in [1.82, 2.24) is 10.2 Å². The van der Waals surface area contributed by atoms with Gasteiger partial charge in [-0.15, -0.1) is 0 Å². The number of rotatable bonds is 9. The molecule has 0 saturated carbocycles. The van der Waals surface area contributed by atoms with Gasteiger partial charge in [-0.3, -0.25) is 9.59 Å². The molecule has 1 aliphatic carbocycles. The maximum absolute atomic E-state index is 15.0. The van der Waals surface area contributed by atoms with Gasteiger partial charge < -0.3 is 25.2 Å². The summed E-state index contributed by atoms with van der Waals surface area (Å²) in [6, 6.07) is 11.6. The van der Waals surface area contributed by atoms with Gasteiger partial charge in [-0.25, -0.2) is 4.39 Å². The van der Waals surface area contributed by atoms with E-state index in [2.05, 4.69) is 24.4 Å². The molecule has 9 heteroatoms. The Kier molecular flexibility index (Phi) is 9.56. The van der Waals surface area contributed by atoms with Gasteiger partial charge in [0.05, 0.1) is 12.6 Å².